The molecule has 0 aromatic heterocycles. The molecule has 1 atom stereocenters. The maximum atomic E-state index is 5.21. The van der Waals surface area contributed by atoms with E-state index < -0.39 is 0 Å². The molecule has 0 aliphatic rings. The van der Waals surface area contributed by atoms with Crippen LogP contribution in [0.3, 0.4) is 0 Å². The van der Waals surface area contributed by atoms with Crippen LogP contribution >= 0.6 is 0 Å². The van der Waals surface area contributed by atoms with E-state index >= 15 is 0 Å². The molecule has 0 saturated heterocycles. The molecule has 0 aliphatic carbocycles. The van der Waals surface area contributed by atoms with Crippen molar-refractivity contribution in [1.29, 1.82) is 0 Å². The van der Waals surface area contributed by atoms with Gasteiger partial charge in [-0.2, -0.15) is 0 Å². The summed E-state index contributed by atoms with van der Waals surface area (Å²) in [7, 11) is 1.69. The lowest BCUT2D eigenvalue weighted by atomic mass is 10.4. The van der Waals surface area contributed by atoms with Crippen molar-refractivity contribution >= 4 is 0 Å². The molecule has 0 spiro atoms. The van der Waals surface area contributed by atoms with Gasteiger partial charge in [0.2, 0.25) is 0 Å². The van der Waals surface area contributed by atoms with Gasteiger partial charge in [0.25, 0.3) is 0 Å². The van der Waals surface area contributed by atoms with Gasteiger partial charge in [0.1, 0.15) is 0 Å². The Morgan fingerprint density at radius 2 is 2.11 bits per heavy atom. The Morgan fingerprint density at radius 3 is 2.56 bits per heavy atom. The van der Waals surface area contributed by atoms with Crippen molar-refractivity contribution in [1.82, 2.24) is 0 Å². The SMILES string of the molecule is CCCOCC(C)OC. The molecule has 1 unspecified atom stereocenters. The molecule has 0 heterocycles. The van der Waals surface area contributed by atoms with E-state index in [9.17, 15) is 0 Å². The minimum Gasteiger partial charge on any atom is -0.379 e. The third-order valence-electron chi connectivity index (χ3n) is 1.10. The molecular weight excluding hydrogens is 116 g/mol. The standard InChI is InChI=1S/C7H16O2/c1-4-5-9-6-7(2)8-3/h7H,4-6H2,1-3H3. The Morgan fingerprint density at radius 1 is 1.44 bits per heavy atom. The predicted octanol–water partition coefficient (Wildman–Crippen LogP) is 1.45. The maximum Gasteiger partial charge on any atom is 0.0776 e. The summed E-state index contributed by atoms with van der Waals surface area (Å²) >= 11 is 0. The molecular formula is C7H16O2. The Bertz CT molecular complexity index is 54.9. The molecule has 0 N–H and O–H groups in total. The predicted molar refractivity (Wildman–Crippen MR) is 37.6 cm³/mol. The fourth-order valence-electron chi connectivity index (χ4n) is 0.462. The van der Waals surface area contributed by atoms with Crippen LogP contribution in [-0.4, -0.2) is 26.4 Å². The number of ether oxygens (including phenoxy) is 2. The molecule has 0 radical (unpaired) electrons. The largest absolute Gasteiger partial charge is 0.379 e. The van der Waals surface area contributed by atoms with Crippen molar-refractivity contribution in [2.24, 2.45) is 0 Å². The van der Waals surface area contributed by atoms with Crippen molar-refractivity contribution < 1.29 is 9.47 Å². The Hall–Kier alpha value is -0.0800. The normalized spacial score (nSPS) is 13.7. The summed E-state index contributed by atoms with van der Waals surface area (Å²) in [5.41, 5.74) is 0. The maximum absolute atomic E-state index is 5.21. The molecule has 0 aromatic rings. The molecule has 0 saturated carbocycles. The van der Waals surface area contributed by atoms with Crippen molar-refractivity contribution in [3.63, 3.8) is 0 Å². The van der Waals surface area contributed by atoms with Crippen molar-refractivity contribution in [3.8, 4) is 0 Å². The average molecular weight is 132 g/mol. The molecule has 0 amide bonds. The Labute approximate surface area is 57.2 Å². The highest BCUT2D eigenvalue weighted by atomic mass is 16.5. The van der Waals surface area contributed by atoms with Crippen LogP contribution < -0.4 is 0 Å². The molecule has 0 aromatic carbocycles. The summed E-state index contributed by atoms with van der Waals surface area (Å²) in [6, 6.07) is 0. The molecule has 2 nitrogen and oxygen atoms in total. The third kappa shape index (κ3) is 5.80. The van der Waals surface area contributed by atoms with E-state index in [1.807, 2.05) is 6.92 Å². The first-order valence-corrected chi connectivity index (χ1v) is 3.41. The lowest BCUT2D eigenvalue weighted by Crippen LogP contribution is -2.13. The number of methoxy groups -OCH3 is 1. The van der Waals surface area contributed by atoms with Gasteiger partial charge in [-0.1, -0.05) is 6.92 Å². The van der Waals surface area contributed by atoms with E-state index in [4.69, 9.17) is 9.47 Å². The Kier molecular flexibility index (Phi) is 5.99. The van der Waals surface area contributed by atoms with E-state index in [0.717, 1.165) is 13.0 Å². The minimum atomic E-state index is 0.233. The second-order valence-corrected chi connectivity index (χ2v) is 2.12. The fraction of sp³-hybridized carbons (Fsp3) is 1.00. The zero-order chi connectivity index (χ0) is 7.11. The molecule has 0 aliphatic heterocycles. The summed E-state index contributed by atoms with van der Waals surface area (Å²) in [5, 5.41) is 0. The lowest BCUT2D eigenvalue weighted by molar-refractivity contribution is 0.0188. The molecule has 0 bridgehead atoms. The highest BCUT2D eigenvalue weighted by Gasteiger charge is 1.96. The van der Waals surface area contributed by atoms with Gasteiger partial charge in [-0.25, -0.2) is 0 Å². The van der Waals surface area contributed by atoms with Crippen LogP contribution in [0.4, 0.5) is 0 Å². The van der Waals surface area contributed by atoms with Crippen LogP contribution in [0.2, 0.25) is 0 Å². The summed E-state index contributed by atoms with van der Waals surface area (Å²) in [5.74, 6) is 0. The van der Waals surface area contributed by atoms with Crippen LogP contribution in [0, 0.1) is 0 Å². The van der Waals surface area contributed by atoms with Gasteiger partial charge in [0.15, 0.2) is 0 Å². The fourth-order valence-corrected chi connectivity index (χ4v) is 0.462. The van der Waals surface area contributed by atoms with Gasteiger partial charge in [-0.05, 0) is 13.3 Å². The number of rotatable bonds is 5. The van der Waals surface area contributed by atoms with Crippen molar-refractivity contribution in [3.05, 3.63) is 0 Å². The van der Waals surface area contributed by atoms with Gasteiger partial charge in [-0.3, -0.25) is 0 Å². The first-order chi connectivity index (χ1) is 4.31. The van der Waals surface area contributed by atoms with E-state index in [-0.39, 0.29) is 6.10 Å². The van der Waals surface area contributed by atoms with E-state index in [0.29, 0.717) is 6.61 Å². The quantitative estimate of drug-likeness (QED) is 0.527. The topological polar surface area (TPSA) is 18.5 Å². The van der Waals surface area contributed by atoms with Crippen LogP contribution in [-0.2, 0) is 9.47 Å². The van der Waals surface area contributed by atoms with Crippen molar-refractivity contribution in [2.75, 3.05) is 20.3 Å². The van der Waals surface area contributed by atoms with Crippen LogP contribution in [0.25, 0.3) is 0 Å². The highest BCUT2D eigenvalue weighted by molar-refractivity contribution is 4.43. The van der Waals surface area contributed by atoms with E-state index in [1.54, 1.807) is 7.11 Å². The highest BCUT2D eigenvalue weighted by Crippen LogP contribution is 1.89. The number of hydrogen-bond donors (Lipinski definition) is 0. The van der Waals surface area contributed by atoms with Gasteiger partial charge < -0.3 is 9.47 Å². The summed E-state index contributed by atoms with van der Waals surface area (Å²) in [6.07, 6.45) is 1.31. The average Bonchev–Trinajstić information content (AvgIpc) is 1.89. The summed E-state index contributed by atoms with van der Waals surface area (Å²) in [4.78, 5) is 0. The minimum absolute atomic E-state index is 0.233. The second-order valence-electron chi connectivity index (χ2n) is 2.12. The zero-order valence-corrected chi connectivity index (χ0v) is 6.52. The molecule has 2 heteroatoms. The van der Waals surface area contributed by atoms with Crippen LogP contribution in [0.15, 0.2) is 0 Å². The molecule has 56 valence electrons. The summed E-state index contributed by atoms with van der Waals surface area (Å²) in [6.45, 7) is 5.64. The number of hydrogen-bond acceptors (Lipinski definition) is 2. The van der Waals surface area contributed by atoms with Gasteiger partial charge >= 0.3 is 0 Å². The molecule has 0 fully saturated rings. The third-order valence-corrected chi connectivity index (χ3v) is 1.10. The molecule has 9 heavy (non-hydrogen) atoms. The lowest BCUT2D eigenvalue weighted by Gasteiger charge is -2.08. The zero-order valence-electron chi connectivity index (χ0n) is 6.52. The van der Waals surface area contributed by atoms with Gasteiger partial charge in [0, 0.05) is 13.7 Å². The second kappa shape index (κ2) is 6.05. The van der Waals surface area contributed by atoms with E-state index in [1.165, 1.54) is 0 Å². The first kappa shape index (κ1) is 8.92. The first-order valence-electron chi connectivity index (χ1n) is 3.41. The van der Waals surface area contributed by atoms with Gasteiger partial charge in [-0.15, -0.1) is 0 Å². The van der Waals surface area contributed by atoms with E-state index in [2.05, 4.69) is 6.92 Å². The smallest absolute Gasteiger partial charge is 0.0776 e. The van der Waals surface area contributed by atoms with Crippen LogP contribution in [0.5, 0.6) is 0 Å². The van der Waals surface area contributed by atoms with Crippen molar-refractivity contribution in [2.45, 2.75) is 26.4 Å². The Balaban J connectivity index is 2.88. The molecule has 0 rings (SSSR count). The van der Waals surface area contributed by atoms with Gasteiger partial charge in [0.05, 0.1) is 12.7 Å². The van der Waals surface area contributed by atoms with Crippen LogP contribution in [0.1, 0.15) is 20.3 Å². The summed E-state index contributed by atoms with van der Waals surface area (Å²) < 4.78 is 10.2. The monoisotopic (exact) mass is 132 g/mol.